The van der Waals surface area contributed by atoms with Crippen molar-refractivity contribution < 1.29 is 9.59 Å². The molecule has 0 bridgehead atoms. The molecule has 8 heteroatoms. The molecule has 1 atom stereocenters. The summed E-state index contributed by atoms with van der Waals surface area (Å²) < 4.78 is 1.88. The van der Waals surface area contributed by atoms with Gasteiger partial charge in [0.05, 0.1) is 5.75 Å². The van der Waals surface area contributed by atoms with Crippen LogP contribution in [0.1, 0.15) is 38.2 Å². The maximum atomic E-state index is 13.1. The Hall–Kier alpha value is -1.86. The number of thioether (sulfide) groups is 1. The highest BCUT2D eigenvalue weighted by Gasteiger charge is 2.47. The molecule has 1 heterocycles. The van der Waals surface area contributed by atoms with Crippen LogP contribution in [0.25, 0.3) is 0 Å². The number of aryl methyl sites for hydroxylation is 1. The van der Waals surface area contributed by atoms with Crippen molar-refractivity contribution in [2.45, 2.75) is 49.8 Å². The molecule has 1 aliphatic rings. The highest BCUT2D eigenvalue weighted by Crippen LogP contribution is 2.42. The van der Waals surface area contributed by atoms with Crippen LogP contribution in [-0.2, 0) is 21.7 Å². The molecule has 6 nitrogen and oxygen atoms in total. The molecule has 1 fully saturated rings. The number of hydrogen-bond donors (Lipinski definition) is 0. The quantitative estimate of drug-likeness (QED) is 0.686. The molecule has 0 unspecified atom stereocenters. The highest BCUT2D eigenvalue weighted by molar-refractivity contribution is 7.99. The second-order valence-corrected chi connectivity index (χ2v) is 7.96. The molecule has 1 aromatic carbocycles. The van der Waals surface area contributed by atoms with Gasteiger partial charge in [-0.05, 0) is 32.3 Å². The van der Waals surface area contributed by atoms with Crippen molar-refractivity contribution in [3.05, 3.63) is 41.2 Å². The van der Waals surface area contributed by atoms with Crippen molar-refractivity contribution in [1.82, 2.24) is 19.7 Å². The average Bonchev–Trinajstić information content (AvgIpc) is 3.14. The van der Waals surface area contributed by atoms with Crippen LogP contribution in [0.5, 0.6) is 0 Å². The summed E-state index contributed by atoms with van der Waals surface area (Å²) in [4.78, 5) is 27.7. The zero-order chi connectivity index (χ0) is 19.4. The molecule has 0 N–H and O–H groups in total. The van der Waals surface area contributed by atoms with E-state index in [4.69, 9.17) is 11.6 Å². The lowest BCUT2D eigenvalue weighted by Gasteiger charge is -2.44. The lowest BCUT2D eigenvalue weighted by Crippen LogP contribution is -2.54. The number of carbonyl (C=O) groups excluding carboxylic acids is 2. The number of halogens is 1. The van der Waals surface area contributed by atoms with Crippen LogP contribution in [0, 0.1) is 0 Å². The number of benzene rings is 1. The van der Waals surface area contributed by atoms with Crippen molar-refractivity contribution in [1.29, 1.82) is 0 Å². The Labute approximate surface area is 168 Å². The second-order valence-electron chi connectivity index (χ2n) is 6.61. The van der Waals surface area contributed by atoms with Gasteiger partial charge in [-0.25, -0.2) is 0 Å². The van der Waals surface area contributed by atoms with Gasteiger partial charge in [-0.15, -0.1) is 10.2 Å². The predicted octanol–water partition coefficient (Wildman–Crippen LogP) is 3.54. The first-order chi connectivity index (χ1) is 13.0. The summed E-state index contributed by atoms with van der Waals surface area (Å²) in [5, 5.41) is 9.15. The van der Waals surface area contributed by atoms with E-state index in [1.165, 1.54) is 11.8 Å². The summed E-state index contributed by atoms with van der Waals surface area (Å²) in [6, 6.07) is 7.33. The standard InChI is InChI=1S/C19H23ClN4O2S/c1-3-24-13-21-22-18(24)27-12-17(26)23(2)19(11-7-6-10-16(19)25)14-8-4-5-9-15(14)20/h4-5,8-9,13H,3,6-7,10-12H2,1-2H3/t19-/m0/s1. The van der Waals surface area contributed by atoms with Gasteiger partial charge >= 0.3 is 0 Å². The smallest absolute Gasteiger partial charge is 0.233 e. The van der Waals surface area contributed by atoms with E-state index in [1.54, 1.807) is 24.3 Å². The van der Waals surface area contributed by atoms with Gasteiger partial charge < -0.3 is 9.47 Å². The van der Waals surface area contributed by atoms with E-state index in [9.17, 15) is 9.59 Å². The van der Waals surface area contributed by atoms with Gasteiger partial charge in [0, 0.05) is 30.6 Å². The monoisotopic (exact) mass is 406 g/mol. The minimum absolute atomic E-state index is 0.0550. The van der Waals surface area contributed by atoms with Crippen LogP contribution in [0.4, 0.5) is 0 Å². The Kier molecular flexibility index (Phi) is 6.22. The van der Waals surface area contributed by atoms with E-state index in [0.29, 0.717) is 28.6 Å². The molecular formula is C19H23ClN4O2S. The number of amides is 1. The fraction of sp³-hybridized carbons (Fsp3) is 0.474. The summed E-state index contributed by atoms with van der Waals surface area (Å²) in [6.45, 7) is 2.73. The van der Waals surface area contributed by atoms with E-state index >= 15 is 0 Å². The molecule has 0 saturated heterocycles. The first-order valence-corrected chi connectivity index (χ1v) is 10.4. The van der Waals surface area contributed by atoms with Crippen LogP contribution in [0.15, 0.2) is 35.7 Å². The number of nitrogens with zero attached hydrogens (tertiary/aromatic N) is 4. The Morgan fingerprint density at radius 3 is 2.85 bits per heavy atom. The summed E-state index contributed by atoms with van der Waals surface area (Å²) in [5.74, 6) is 0.120. The molecule has 27 heavy (non-hydrogen) atoms. The Morgan fingerprint density at radius 1 is 1.37 bits per heavy atom. The number of Topliss-reactive ketones (excluding diaryl/α,β-unsaturated/α-hetero) is 1. The van der Waals surface area contributed by atoms with Gasteiger partial charge in [-0.2, -0.15) is 0 Å². The lowest BCUT2D eigenvalue weighted by atomic mass is 9.74. The van der Waals surface area contributed by atoms with Gasteiger partial charge in [0.1, 0.15) is 11.9 Å². The topological polar surface area (TPSA) is 68.1 Å². The number of rotatable bonds is 6. The van der Waals surface area contributed by atoms with Gasteiger partial charge in [0.15, 0.2) is 10.9 Å². The van der Waals surface area contributed by atoms with Gasteiger partial charge in [0.2, 0.25) is 5.91 Å². The molecule has 1 aliphatic carbocycles. The molecule has 1 amide bonds. The van der Waals surface area contributed by atoms with E-state index in [0.717, 1.165) is 19.4 Å². The maximum Gasteiger partial charge on any atom is 0.233 e. The molecule has 2 aromatic rings. The van der Waals surface area contributed by atoms with Crippen LogP contribution in [0.2, 0.25) is 5.02 Å². The molecule has 144 valence electrons. The first kappa shape index (κ1) is 19.9. The van der Waals surface area contributed by atoms with Crippen LogP contribution < -0.4 is 0 Å². The van der Waals surface area contributed by atoms with Gasteiger partial charge in [-0.3, -0.25) is 9.59 Å². The first-order valence-electron chi connectivity index (χ1n) is 9.06. The van der Waals surface area contributed by atoms with Crippen molar-refractivity contribution >= 4 is 35.1 Å². The number of ketones is 1. The third kappa shape index (κ3) is 3.75. The van der Waals surface area contributed by atoms with Crippen molar-refractivity contribution in [3.8, 4) is 0 Å². The molecular weight excluding hydrogens is 384 g/mol. The number of hydrogen-bond acceptors (Lipinski definition) is 5. The van der Waals surface area contributed by atoms with E-state index in [-0.39, 0.29) is 17.4 Å². The Morgan fingerprint density at radius 2 is 2.15 bits per heavy atom. The van der Waals surface area contributed by atoms with E-state index in [2.05, 4.69) is 10.2 Å². The third-order valence-corrected chi connectivity index (χ3v) is 6.46. The second kappa shape index (κ2) is 8.44. The molecule has 0 spiro atoms. The minimum atomic E-state index is -0.993. The van der Waals surface area contributed by atoms with Gasteiger partial charge in [0.25, 0.3) is 0 Å². The number of likely N-dealkylation sites (N-methyl/N-ethyl adjacent to an activating group) is 1. The summed E-state index contributed by atoms with van der Waals surface area (Å²) in [5.41, 5.74) is -0.277. The van der Waals surface area contributed by atoms with Gasteiger partial charge in [-0.1, -0.05) is 41.6 Å². The molecule has 0 aliphatic heterocycles. The maximum absolute atomic E-state index is 13.1. The van der Waals surface area contributed by atoms with Crippen molar-refractivity contribution in [3.63, 3.8) is 0 Å². The number of aromatic nitrogens is 3. The normalized spacial score (nSPS) is 19.9. The summed E-state index contributed by atoms with van der Waals surface area (Å²) in [6.07, 6.45) is 4.42. The van der Waals surface area contributed by atoms with Crippen molar-refractivity contribution in [2.75, 3.05) is 12.8 Å². The van der Waals surface area contributed by atoms with Crippen LogP contribution in [0.3, 0.4) is 0 Å². The van der Waals surface area contributed by atoms with E-state index < -0.39 is 5.54 Å². The van der Waals surface area contributed by atoms with Crippen LogP contribution >= 0.6 is 23.4 Å². The number of carbonyl (C=O) groups is 2. The zero-order valence-corrected chi connectivity index (χ0v) is 17.1. The fourth-order valence-corrected chi connectivity index (χ4v) is 4.82. The Balaban J connectivity index is 1.87. The third-order valence-electron chi connectivity index (χ3n) is 5.17. The zero-order valence-electron chi connectivity index (χ0n) is 15.5. The molecule has 1 aromatic heterocycles. The summed E-state index contributed by atoms with van der Waals surface area (Å²) in [7, 11) is 1.71. The summed E-state index contributed by atoms with van der Waals surface area (Å²) >= 11 is 7.77. The minimum Gasteiger partial charge on any atom is -0.328 e. The fourth-order valence-electron chi connectivity index (χ4n) is 3.64. The largest absolute Gasteiger partial charge is 0.328 e. The highest BCUT2D eigenvalue weighted by atomic mass is 35.5. The lowest BCUT2D eigenvalue weighted by molar-refractivity contribution is -0.146. The molecule has 3 rings (SSSR count). The van der Waals surface area contributed by atoms with Crippen LogP contribution in [-0.4, -0.2) is 44.2 Å². The predicted molar refractivity (Wildman–Crippen MR) is 106 cm³/mol. The Bertz CT molecular complexity index is 841. The average molecular weight is 407 g/mol. The molecule has 1 saturated carbocycles. The SMILES string of the molecule is CCn1cnnc1SCC(=O)N(C)[C@]1(c2ccccc2Cl)CCCCC1=O. The van der Waals surface area contributed by atoms with E-state index in [1.807, 2.05) is 29.7 Å². The molecule has 0 radical (unpaired) electrons. The van der Waals surface area contributed by atoms with Crippen molar-refractivity contribution in [2.24, 2.45) is 0 Å².